The van der Waals surface area contributed by atoms with Crippen molar-refractivity contribution >= 4 is 5.82 Å². The van der Waals surface area contributed by atoms with Crippen LogP contribution in [0, 0.1) is 19.8 Å². The third-order valence-corrected chi connectivity index (χ3v) is 4.71. The highest BCUT2D eigenvalue weighted by Crippen LogP contribution is 2.23. The fraction of sp³-hybridized carbons (Fsp3) is 0.632. The molecule has 1 N–H and O–H groups in total. The van der Waals surface area contributed by atoms with Crippen molar-refractivity contribution in [3.05, 3.63) is 29.7 Å². The Morgan fingerprint density at radius 3 is 2.62 bits per heavy atom. The SMILES string of the molecule is Cc1nc(CN2CCC(CNc3nccnc3OC(C)C)CC2)oc1C. The van der Waals surface area contributed by atoms with Gasteiger partial charge in [0.05, 0.1) is 18.3 Å². The number of hydrogen-bond acceptors (Lipinski definition) is 7. The van der Waals surface area contributed by atoms with Gasteiger partial charge in [0, 0.05) is 18.9 Å². The number of nitrogens with one attached hydrogen (secondary N) is 1. The summed E-state index contributed by atoms with van der Waals surface area (Å²) in [6.07, 6.45) is 5.72. The zero-order valence-electron chi connectivity index (χ0n) is 16.2. The Morgan fingerprint density at radius 2 is 1.96 bits per heavy atom. The third-order valence-electron chi connectivity index (χ3n) is 4.71. The number of nitrogens with zero attached hydrogens (tertiary/aromatic N) is 4. The molecule has 1 fully saturated rings. The summed E-state index contributed by atoms with van der Waals surface area (Å²) in [6.45, 7) is 11.7. The first-order valence-corrected chi connectivity index (χ1v) is 9.38. The van der Waals surface area contributed by atoms with Crippen molar-refractivity contribution in [3.63, 3.8) is 0 Å². The molecule has 2 aromatic heterocycles. The molecule has 1 aliphatic heterocycles. The number of rotatable bonds is 7. The Bertz CT molecular complexity index is 688. The van der Waals surface area contributed by atoms with E-state index in [1.165, 1.54) is 0 Å². The van der Waals surface area contributed by atoms with Gasteiger partial charge in [0.1, 0.15) is 5.76 Å². The Labute approximate surface area is 155 Å². The van der Waals surface area contributed by atoms with Crippen LogP contribution in [0.2, 0.25) is 0 Å². The van der Waals surface area contributed by atoms with Gasteiger partial charge in [-0.2, -0.15) is 0 Å². The molecule has 26 heavy (non-hydrogen) atoms. The Kier molecular flexibility index (Phi) is 6.08. The number of aryl methyl sites for hydroxylation is 2. The average Bonchev–Trinajstić information content (AvgIpc) is 2.92. The molecule has 1 aliphatic rings. The van der Waals surface area contributed by atoms with E-state index in [-0.39, 0.29) is 6.10 Å². The van der Waals surface area contributed by atoms with Gasteiger partial charge in [0.25, 0.3) is 5.88 Å². The number of anilines is 1. The molecular formula is C19H29N5O2. The fourth-order valence-electron chi connectivity index (χ4n) is 3.14. The van der Waals surface area contributed by atoms with Gasteiger partial charge in [-0.1, -0.05) is 0 Å². The number of hydrogen-bond donors (Lipinski definition) is 1. The van der Waals surface area contributed by atoms with E-state index in [1.54, 1.807) is 12.4 Å². The molecule has 0 spiro atoms. The van der Waals surface area contributed by atoms with Crippen LogP contribution >= 0.6 is 0 Å². The Balaban J connectivity index is 1.46. The highest BCUT2D eigenvalue weighted by atomic mass is 16.5. The van der Waals surface area contributed by atoms with E-state index in [1.807, 2.05) is 27.7 Å². The number of aromatic nitrogens is 3. The highest BCUT2D eigenvalue weighted by Gasteiger charge is 2.21. The minimum atomic E-state index is 0.0815. The molecule has 142 valence electrons. The van der Waals surface area contributed by atoms with E-state index in [2.05, 4.69) is 25.2 Å². The highest BCUT2D eigenvalue weighted by molar-refractivity contribution is 5.44. The molecular weight excluding hydrogens is 330 g/mol. The summed E-state index contributed by atoms with van der Waals surface area (Å²) in [5, 5.41) is 3.42. The summed E-state index contributed by atoms with van der Waals surface area (Å²) < 4.78 is 11.4. The maximum atomic E-state index is 5.72. The van der Waals surface area contributed by atoms with Gasteiger partial charge >= 0.3 is 0 Å². The summed E-state index contributed by atoms with van der Waals surface area (Å²) in [4.78, 5) is 15.5. The molecule has 0 aliphatic carbocycles. The topological polar surface area (TPSA) is 76.3 Å². The number of piperidine rings is 1. The molecule has 2 aromatic rings. The van der Waals surface area contributed by atoms with Crippen LogP contribution in [0.3, 0.4) is 0 Å². The van der Waals surface area contributed by atoms with Crippen LogP contribution in [0.1, 0.15) is 44.0 Å². The van der Waals surface area contributed by atoms with Gasteiger partial charge in [-0.15, -0.1) is 0 Å². The first-order valence-electron chi connectivity index (χ1n) is 9.38. The van der Waals surface area contributed by atoms with Gasteiger partial charge in [0.2, 0.25) is 5.89 Å². The van der Waals surface area contributed by atoms with E-state index in [4.69, 9.17) is 9.15 Å². The summed E-state index contributed by atoms with van der Waals surface area (Å²) >= 11 is 0. The maximum Gasteiger partial charge on any atom is 0.257 e. The molecule has 3 rings (SSSR count). The Hall–Kier alpha value is -2.15. The second kappa shape index (κ2) is 8.49. The first-order chi connectivity index (χ1) is 12.5. The van der Waals surface area contributed by atoms with Gasteiger partial charge in [-0.05, 0) is 59.5 Å². The van der Waals surface area contributed by atoms with E-state index >= 15 is 0 Å². The lowest BCUT2D eigenvalue weighted by Gasteiger charge is -2.31. The van der Waals surface area contributed by atoms with Crippen LogP contribution in [0.25, 0.3) is 0 Å². The summed E-state index contributed by atoms with van der Waals surface area (Å²) in [5.41, 5.74) is 0.988. The van der Waals surface area contributed by atoms with Crippen molar-refractivity contribution < 1.29 is 9.15 Å². The number of ether oxygens (including phenoxy) is 1. The standard InChI is InChI=1S/C19H29N5O2/c1-13(2)25-19-18(20-7-8-21-19)22-11-16-5-9-24(10-6-16)12-17-23-14(3)15(4)26-17/h7-8,13,16H,5-6,9-12H2,1-4H3,(H,20,22). The van der Waals surface area contributed by atoms with E-state index in [0.29, 0.717) is 11.8 Å². The van der Waals surface area contributed by atoms with Gasteiger partial charge in [-0.25, -0.2) is 15.0 Å². The second-order valence-electron chi connectivity index (χ2n) is 7.23. The Morgan fingerprint density at radius 1 is 1.23 bits per heavy atom. The van der Waals surface area contributed by atoms with Crippen molar-refractivity contribution in [1.82, 2.24) is 19.9 Å². The molecule has 0 atom stereocenters. The third kappa shape index (κ3) is 4.94. The van der Waals surface area contributed by atoms with Crippen LogP contribution in [0.5, 0.6) is 5.88 Å². The normalized spacial score (nSPS) is 16.2. The van der Waals surface area contributed by atoms with Crippen LogP contribution in [-0.2, 0) is 6.54 Å². The molecule has 0 bridgehead atoms. The van der Waals surface area contributed by atoms with Crippen molar-refractivity contribution in [2.24, 2.45) is 5.92 Å². The minimum Gasteiger partial charge on any atom is -0.472 e. The zero-order chi connectivity index (χ0) is 18.5. The van der Waals surface area contributed by atoms with Crippen molar-refractivity contribution in [3.8, 4) is 5.88 Å². The molecule has 1 saturated heterocycles. The van der Waals surface area contributed by atoms with Crippen LogP contribution in [0.15, 0.2) is 16.8 Å². The maximum absolute atomic E-state index is 5.72. The zero-order valence-corrected chi connectivity index (χ0v) is 16.2. The lowest BCUT2D eigenvalue weighted by molar-refractivity contribution is 0.167. The van der Waals surface area contributed by atoms with E-state index in [0.717, 1.165) is 62.2 Å². The predicted molar refractivity (Wildman–Crippen MR) is 100 cm³/mol. The van der Waals surface area contributed by atoms with Gasteiger partial charge in [-0.3, -0.25) is 4.90 Å². The van der Waals surface area contributed by atoms with Crippen LogP contribution in [-0.4, -0.2) is 45.6 Å². The molecule has 0 aromatic carbocycles. The van der Waals surface area contributed by atoms with Gasteiger partial charge < -0.3 is 14.5 Å². The molecule has 0 unspecified atom stereocenters. The fourth-order valence-corrected chi connectivity index (χ4v) is 3.14. The number of likely N-dealkylation sites (tertiary alicyclic amines) is 1. The predicted octanol–water partition coefficient (Wildman–Crippen LogP) is 3.19. The second-order valence-corrected chi connectivity index (χ2v) is 7.23. The molecule has 7 heteroatoms. The average molecular weight is 359 g/mol. The first kappa shape index (κ1) is 18.6. The van der Waals surface area contributed by atoms with Crippen molar-refractivity contribution in [2.75, 3.05) is 25.0 Å². The van der Waals surface area contributed by atoms with Crippen LogP contribution in [0.4, 0.5) is 5.82 Å². The van der Waals surface area contributed by atoms with E-state index in [9.17, 15) is 0 Å². The van der Waals surface area contributed by atoms with E-state index < -0.39 is 0 Å². The largest absolute Gasteiger partial charge is 0.472 e. The smallest absolute Gasteiger partial charge is 0.257 e. The lowest BCUT2D eigenvalue weighted by atomic mass is 9.97. The summed E-state index contributed by atoms with van der Waals surface area (Å²) in [6, 6.07) is 0. The quantitative estimate of drug-likeness (QED) is 0.813. The van der Waals surface area contributed by atoms with Crippen molar-refractivity contribution in [2.45, 2.75) is 53.2 Å². The molecule has 0 amide bonds. The number of oxazole rings is 1. The molecule has 0 radical (unpaired) electrons. The van der Waals surface area contributed by atoms with Gasteiger partial charge in [0.15, 0.2) is 5.82 Å². The molecule has 3 heterocycles. The summed E-state index contributed by atoms with van der Waals surface area (Å²) in [5.74, 6) is 3.67. The monoisotopic (exact) mass is 359 g/mol. The van der Waals surface area contributed by atoms with Crippen molar-refractivity contribution in [1.29, 1.82) is 0 Å². The van der Waals surface area contributed by atoms with Crippen LogP contribution < -0.4 is 10.1 Å². The molecule has 7 nitrogen and oxygen atoms in total. The lowest BCUT2D eigenvalue weighted by Crippen LogP contribution is -2.35. The summed E-state index contributed by atoms with van der Waals surface area (Å²) in [7, 11) is 0. The minimum absolute atomic E-state index is 0.0815. The molecule has 0 saturated carbocycles.